The number of phenolic OH excluding ortho intramolecular Hbond substituents is 1. The third-order valence-corrected chi connectivity index (χ3v) is 2.01. The monoisotopic (exact) mass is 211 g/mol. The van der Waals surface area contributed by atoms with Crippen LogP contribution in [0.25, 0.3) is 0 Å². The van der Waals surface area contributed by atoms with Crippen LogP contribution in [0.15, 0.2) is 24.3 Å². The Hall–Kier alpha value is -1.59. The van der Waals surface area contributed by atoms with Gasteiger partial charge in [-0.25, -0.2) is 0 Å². The smallest absolute Gasteiger partial charge is 0.220 e. The number of benzene rings is 1. The van der Waals surface area contributed by atoms with Crippen LogP contribution in [-0.2, 0) is 4.79 Å². The number of aliphatic hydroxyl groups excluding tert-OH is 2. The van der Waals surface area contributed by atoms with Crippen molar-refractivity contribution >= 4 is 5.91 Å². The molecule has 0 saturated heterocycles. The van der Waals surface area contributed by atoms with E-state index in [2.05, 4.69) is 0 Å². The van der Waals surface area contributed by atoms with E-state index in [9.17, 15) is 15.0 Å². The van der Waals surface area contributed by atoms with E-state index in [4.69, 9.17) is 10.8 Å². The average molecular weight is 211 g/mol. The van der Waals surface area contributed by atoms with Crippen LogP contribution in [0.5, 0.6) is 5.75 Å². The molecule has 1 rings (SSSR count). The minimum atomic E-state index is -1.23. The highest BCUT2D eigenvalue weighted by molar-refractivity contribution is 5.74. The zero-order valence-corrected chi connectivity index (χ0v) is 8.00. The van der Waals surface area contributed by atoms with Crippen LogP contribution < -0.4 is 5.73 Å². The van der Waals surface area contributed by atoms with Gasteiger partial charge in [-0.05, 0) is 17.7 Å². The number of carbonyl (C=O) groups excluding carboxylic acids is 1. The van der Waals surface area contributed by atoms with E-state index in [1.165, 1.54) is 24.3 Å². The van der Waals surface area contributed by atoms with Gasteiger partial charge in [0.1, 0.15) is 11.9 Å². The normalized spacial score (nSPS) is 14.5. The number of primary amides is 1. The maximum Gasteiger partial charge on any atom is 0.220 e. The van der Waals surface area contributed by atoms with Crippen LogP contribution in [0.1, 0.15) is 18.1 Å². The third-order valence-electron chi connectivity index (χ3n) is 2.01. The van der Waals surface area contributed by atoms with Crippen molar-refractivity contribution in [3.8, 4) is 5.75 Å². The van der Waals surface area contributed by atoms with Gasteiger partial charge in [-0.1, -0.05) is 12.1 Å². The number of amides is 1. The van der Waals surface area contributed by atoms with Gasteiger partial charge >= 0.3 is 0 Å². The lowest BCUT2D eigenvalue weighted by molar-refractivity contribution is -0.121. The maximum absolute atomic E-state index is 10.5. The number of nitrogens with two attached hydrogens (primary N) is 1. The third kappa shape index (κ3) is 3.23. The topological polar surface area (TPSA) is 104 Å². The molecule has 15 heavy (non-hydrogen) atoms. The van der Waals surface area contributed by atoms with Crippen molar-refractivity contribution in [2.45, 2.75) is 18.6 Å². The van der Waals surface area contributed by atoms with Gasteiger partial charge in [0.2, 0.25) is 5.91 Å². The molecule has 0 spiro atoms. The molecule has 0 aliphatic carbocycles. The lowest BCUT2D eigenvalue weighted by atomic mass is 10.0. The minimum Gasteiger partial charge on any atom is -0.508 e. The SMILES string of the molecule is NC(=O)CC(O)C(O)c1ccc(O)cc1. The van der Waals surface area contributed by atoms with Crippen molar-refractivity contribution in [2.24, 2.45) is 5.73 Å². The second kappa shape index (κ2) is 4.77. The first-order valence-electron chi connectivity index (χ1n) is 4.44. The molecule has 2 atom stereocenters. The zero-order valence-electron chi connectivity index (χ0n) is 8.00. The zero-order chi connectivity index (χ0) is 11.4. The van der Waals surface area contributed by atoms with E-state index >= 15 is 0 Å². The van der Waals surface area contributed by atoms with Crippen molar-refractivity contribution in [2.75, 3.05) is 0 Å². The molecule has 0 aliphatic heterocycles. The Morgan fingerprint density at radius 1 is 1.27 bits per heavy atom. The van der Waals surface area contributed by atoms with Crippen molar-refractivity contribution in [1.29, 1.82) is 0 Å². The molecule has 0 fully saturated rings. The van der Waals surface area contributed by atoms with E-state index in [1.807, 2.05) is 0 Å². The summed E-state index contributed by atoms with van der Waals surface area (Å²) < 4.78 is 0. The summed E-state index contributed by atoms with van der Waals surface area (Å²) in [5.41, 5.74) is 5.30. The van der Waals surface area contributed by atoms with E-state index in [1.54, 1.807) is 0 Å². The molecule has 0 heterocycles. The summed E-state index contributed by atoms with van der Waals surface area (Å²) in [7, 11) is 0. The summed E-state index contributed by atoms with van der Waals surface area (Å²) in [4.78, 5) is 10.5. The van der Waals surface area contributed by atoms with Crippen LogP contribution >= 0.6 is 0 Å². The van der Waals surface area contributed by atoms with Crippen LogP contribution in [0.2, 0.25) is 0 Å². The number of carbonyl (C=O) groups is 1. The first kappa shape index (κ1) is 11.5. The van der Waals surface area contributed by atoms with Crippen LogP contribution in [0.3, 0.4) is 0 Å². The fraction of sp³-hybridized carbons (Fsp3) is 0.300. The molecule has 0 aliphatic rings. The van der Waals surface area contributed by atoms with Gasteiger partial charge in [-0.2, -0.15) is 0 Å². The Morgan fingerprint density at radius 2 is 1.80 bits per heavy atom. The summed E-state index contributed by atoms with van der Waals surface area (Å²) in [5, 5.41) is 28.0. The maximum atomic E-state index is 10.5. The number of rotatable bonds is 4. The first-order chi connectivity index (χ1) is 7.00. The lowest BCUT2D eigenvalue weighted by Gasteiger charge is -2.16. The fourth-order valence-electron chi connectivity index (χ4n) is 1.21. The van der Waals surface area contributed by atoms with Gasteiger partial charge in [-0.3, -0.25) is 4.79 Å². The molecular weight excluding hydrogens is 198 g/mol. The molecule has 1 aromatic rings. The summed E-state index contributed by atoms with van der Waals surface area (Å²) in [6.45, 7) is 0. The highest BCUT2D eigenvalue weighted by Gasteiger charge is 2.19. The van der Waals surface area contributed by atoms with E-state index < -0.39 is 18.1 Å². The second-order valence-corrected chi connectivity index (χ2v) is 3.27. The molecule has 2 unspecified atom stereocenters. The Morgan fingerprint density at radius 3 is 2.27 bits per heavy atom. The molecule has 0 radical (unpaired) electrons. The number of aromatic hydroxyl groups is 1. The Bertz CT molecular complexity index is 336. The van der Waals surface area contributed by atoms with Crippen molar-refractivity contribution in [3.63, 3.8) is 0 Å². The summed E-state index contributed by atoms with van der Waals surface area (Å²) in [6, 6.07) is 5.69. The average Bonchev–Trinajstić information content (AvgIpc) is 2.17. The van der Waals surface area contributed by atoms with Crippen molar-refractivity contribution in [3.05, 3.63) is 29.8 Å². The fourth-order valence-corrected chi connectivity index (χ4v) is 1.21. The van der Waals surface area contributed by atoms with Gasteiger partial charge in [-0.15, -0.1) is 0 Å². The molecule has 82 valence electrons. The van der Waals surface area contributed by atoms with Gasteiger partial charge in [0.25, 0.3) is 0 Å². The molecule has 0 saturated carbocycles. The Balaban J connectivity index is 2.71. The number of hydrogen-bond acceptors (Lipinski definition) is 4. The van der Waals surface area contributed by atoms with E-state index in [0.717, 1.165) is 0 Å². The largest absolute Gasteiger partial charge is 0.508 e. The van der Waals surface area contributed by atoms with Crippen molar-refractivity contribution in [1.82, 2.24) is 0 Å². The Labute approximate surface area is 86.8 Å². The molecule has 5 nitrogen and oxygen atoms in total. The van der Waals surface area contributed by atoms with Crippen LogP contribution in [0.4, 0.5) is 0 Å². The van der Waals surface area contributed by atoms with Gasteiger partial charge in [0, 0.05) is 0 Å². The predicted molar refractivity (Wildman–Crippen MR) is 52.9 cm³/mol. The molecule has 1 amide bonds. The first-order valence-corrected chi connectivity index (χ1v) is 4.44. The molecule has 1 aromatic carbocycles. The minimum absolute atomic E-state index is 0.0651. The standard InChI is InChI=1S/C10H13NO4/c11-9(14)5-8(13)10(15)6-1-3-7(12)4-2-6/h1-4,8,10,12-13,15H,5H2,(H2,11,14). The van der Waals surface area contributed by atoms with E-state index in [-0.39, 0.29) is 12.2 Å². The molecular formula is C10H13NO4. The van der Waals surface area contributed by atoms with Gasteiger partial charge in [0.05, 0.1) is 12.5 Å². The number of phenols is 1. The van der Waals surface area contributed by atoms with Gasteiger partial charge < -0.3 is 21.1 Å². The summed E-state index contributed by atoms with van der Waals surface area (Å²) in [6.07, 6.45) is -2.72. The quantitative estimate of drug-likeness (QED) is 0.547. The van der Waals surface area contributed by atoms with E-state index in [0.29, 0.717) is 5.56 Å². The predicted octanol–water partition coefficient (Wildman–Crippen LogP) is -0.338. The highest BCUT2D eigenvalue weighted by Crippen LogP contribution is 2.20. The second-order valence-electron chi connectivity index (χ2n) is 3.27. The Kier molecular flexibility index (Phi) is 3.65. The van der Waals surface area contributed by atoms with Crippen LogP contribution in [0, 0.1) is 0 Å². The highest BCUT2D eigenvalue weighted by atomic mass is 16.3. The molecule has 5 N–H and O–H groups in total. The number of aliphatic hydroxyl groups is 2. The number of hydrogen-bond donors (Lipinski definition) is 4. The molecule has 5 heteroatoms. The molecule has 0 aromatic heterocycles. The van der Waals surface area contributed by atoms with Gasteiger partial charge in [0.15, 0.2) is 0 Å². The van der Waals surface area contributed by atoms with Crippen molar-refractivity contribution < 1.29 is 20.1 Å². The lowest BCUT2D eigenvalue weighted by Crippen LogP contribution is -2.25. The summed E-state index contributed by atoms with van der Waals surface area (Å²) in [5.74, 6) is -0.615. The van der Waals surface area contributed by atoms with Crippen LogP contribution in [-0.4, -0.2) is 27.3 Å². The molecule has 0 bridgehead atoms. The summed E-state index contributed by atoms with van der Waals surface area (Å²) >= 11 is 0.